The second kappa shape index (κ2) is 27.1. The SMILES string of the molecule is CCC1C(=O)C(C)CC(C)/C=C/C=C/C=C(\C)C(OCCC2COC2)CC2CCC(C)C(O)(O2)C(=O)C(=O)N2CCCCC2C(=O)OC(C(C)CC2CCC(O)C(OC)C2)CC(=O)C(C)/C=C(\C)C1O. The molecule has 0 spiro atoms. The Kier molecular flexibility index (Phi) is 22.2. The predicted molar refractivity (Wildman–Crippen MR) is 266 cm³/mol. The summed E-state index contributed by atoms with van der Waals surface area (Å²) < 4.78 is 30.0. The van der Waals surface area contributed by atoms with E-state index < -0.39 is 77.8 Å². The van der Waals surface area contributed by atoms with Crippen molar-refractivity contribution in [2.24, 2.45) is 47.3 Å². The van der Waals surface area contributed by atoms with E-state index in [0.717, 1.165) is 18.4 Å². The molecule has 3 N–H and O–H groups in total. The minimum absolute atomic E-state index is 0.0329. The van der Waals surface area contributed by atoms with Crippen molar-refractivity contribution in [2.75, 3.05) is 33.5 Å². The highest BCUT2D eigenvalue weighted by Gasteiger charge is 2.53. The number of Topliss-reactive ketones (excluding diaryl/α,β-unsaturated/α-hetero) is 3. The zero-order chi connectivity index (χ0) is 51.3. The van der Waals surface area contributed by atoms with Crippen molar-refractivity contribution < 1.29 is 63.0 Å². The van der Waals surface area contributed by atoms with Gasteiger partial charge in [-0.25, -0.2) is 4.79 Å². The van der Waals surface area contributed by atoms with Crippen LogP contribution in [0.2, 0.25) is 0 Å². The summed E-state index contributed by atoms with van der Waals surface area (Å²) in [5.74, 6) is -7.67. The first-order valence-corrected chi connectivity index (χ1v) is 26.6. The number of cyclic esters (lactones) is 1. The Morgan fingerprint density at radius 2 is 1.63 bits per heavy atom. The fourth-order valence-corrected chi connectivity index (χ4v) is 11.2. The number of piperidine rings is 1. The molecule has 3 saturated heterocycles. The second-order valence-corrected chi connectivity index (χ2v) is 21.8. The quantitative estimate of drug-likeness (QED) is 0.116. The van der Waals surface area contributed by atoms with Crippen LogP contribution in [0.3, 0.4) is 0 Å². The minimum atomic E-state index is -2.44. The normalized spacial score (nSPS) is 39.6. The number of methoxy groups -OCH3 is 1. The molecule has 5 aliphatic rings. The maximum atomic E-state index is 14.5. The molecular weight excluding hydrogens is 895 g/mol. The molecule has 394 valence electrons. The van der Waals surface area contributed by atoms with E-state index in [1.807, 2.05) is 52.0 Å². The van der Waals surface area contributed by atoms with Gasteiger partial charge in [0.25, 0.3) is 11.7 Å². The molecule has 1 saturated carbocycles. The zero-order valence-corrected chi connectivity index (χ0v) is 43.7. The van der Waals surface area contributed by atoms with Gasteiger partial charge >= 0.3 is 5.97 Å². The van der Waals surface area contributed by atoms with Crippen LogP contribution in [0.15, 0.2) is 47.6 Å². The van der Waals surface area contributed by atoms with Crippen LogP contribution in [-0.2, 0) is 47.7 Å². The van der Waals surface area contributed by atoms with Gasteiger partial charge in [0.1, 0.15) is 23.7 Å². The molecule has 4 fully saturated rings. The molecule has 0 aromatic heterocycles. The van der Waals surface area contributed by atoms with Gasteiger partial charge in [-0.2, -0.15) is 0 Å². The van der Waals surface area contributed by atoms with Crippen molar-refractivity contribution in [3.05, 3.63) is 47.6 Å². The molecule has 2 bridgehead atoms. The average Bonchev–Trinajstić information content (AvgIpc) is 3.32. The third-order valence-electron chi connectivity index (χ3n) is 16.1. The third-order valence-corrected chi connectivity index (χ3v) is 16.1. The summed E-state index contributed by atoms with van der Waals surface area (Å²) in [6, 6.07) is -1.13. The number of hydrogen-bond donors (Lipinski definition) is 3. The molecule has 0 aromatic carbocycles. The molecule has 4 heterocycles. The fraction of sp³-hybridized carbons (Fsp3) is 0.768. The lowest BCUT2D eigenvalue weighted by Crippen LogP contribution is -2.61. The maximum absolute atomic E-state index is 14.5. The molecule has 15 atom stereocenters. The van der Waals surface area contributed by atoms with E-state index >= 15 is 0 Å². The largest absolute Gasteiger partial charge is 0.460 e. The summed E-state index contributed by atoms with van der Waals surface area (Å²) in [5.41, 5.74) is 1.43. The Morgan fingerprint density at radius 3 is 2.31 bits per heavy atom. The van der Waals surface area contributed by atoms with Gasteiger partial charge in [-0.1, -0.05) is 78.0 Å². The van der Waals surface area contributed by atoms with Crippen LogP contribution < -0.4 is 0 Å². The van der Waals surface area contributed by atoms with E-state index in [2.05, 4.69) is 13.0 Å². The molecule has 15 unspecified atom stereocenters. The van der Waals surface area contributed by atoms with Crippen LogP contribution >= 0.6 is 0 Å². The molecule has 4 aliphatic heterocycles. The van der Waals surface area contributed by atoms with Gasteiger partial charge in [-0.3, -0.25) is 19.2 Å². The zero-order valence-electron chi connectivity index (χ0n) is 43.7. The molecule has 0 aromatic rings. The molecule has 1 aliphatic carbocycles. The van der Waals surface area contributed by atoms with Gasteiger partial charge in [0.2, 0.25) is 5.79 Å². The Balaban J connectivity index is 1.47. The Hall–Kier alpha value is -3.37. The first-order valence-electron chi connectivity index (χ1n) is 26.6. The van der Waals surface area contributed by atoms with Gasteiger partial charge in [-0.05, 0) is 120 Å². The second-order valence-electron chi connectivity index (χ2n) is 21.8. The van der Waals surface area contributed by atoms with Gasteiger partial charge in [-0.15, -0.1) is 0 Å². The lowest BCUT2D eigenvalue weighted by Gasteiger charge is -2.43. The summed E-state index contributed by atoms with van der Waals surface area (Å²) in [6.45, 7) is 16.9. The van der Waals surface area contributed by atoms with Crippen LogP contribution in [0.25, 0.3) is 0 Å². The monoisotopic (exact) mass is 982 g/mol. The number of ketones is 3. The number of aliphatic hydroxyl groups excluding tert-OH is 2. The summed E-state index contributed by atoms with van der Waals surface area (Å²) >= 11 is 0. The molecule has 5 rings (SSSR count). The molecular formula is C56H87NO13. The highest BCUT2D eigenvalue weighted by molar-refractivity contribution is 6.39. The first kappa shape index (κ1) is 57.5. The number of nitrogens with zero attached hydrogens (tertiary/aromatic N) is 1. The van der Waals surface area contributed by atoms with E-state index in [1.54, 1.807) is 34.0 Å². The van der Waals surface area contributed by atoms with Gasteiger partial charge in [0.05, 0.1) is 43.7 Å². The van der Waals surface area contributed by atoms with E-state index in [-0.39, 0.29) is 60.7 Å². The first-order chi connectivity index (χ1) is 33.3. The van der Waals surface area contributed by atoms with Crippen molar-refractivity contribution in [3.63, 3.8) is 0 Å². The average molecular weight is 982 g/mol. The van der Waals surface area contributed by atoms with Crippen LogP contribution in [0.4, 0.5) is 0 Å². The van der Waals surface area contributed by atoms with E-state index in [9.17, 15) is 39.3 Å². The number of allylic oxidation sites excluding steroid dienone is 6. The highest BCUT2D eigenvalue weighted by atomic mass is 16.6. The number of carbonyl (C=O) groups excluding carboxylic acids is 5. The molecule has 14 nitrogen and oxygen atoms in total. The van der Waals surface area contributed by atoms with Gasteiger partial charge < -0.3 is 43.9 Å². The number of hydrogen-bond acceptors (Lipinski definition) is 13. The summed E-state index contributed by atoms with van der Waals surface area (Å²) in [7, 11) is 1.58. The van der Waals surface area contributed by atoms with Gasteiger partial charge in [0.15, 0.2) is 0 Å². The third kappa shape index (κ3) is 15.3. The maximum Gasteiger partial charge on any atom is 0.329 e. The smallest absolute Gasteiger partial charge is 0.329 e. The van der Waals surface area contributed by atoms with Crippen molar-refractivity contribution in [1.29, 1.82) is 0 Å². The standard InChI is InChI=1S/C56H87NO13/c1-10-44-51(60)38(6)26-34(2)16-12-11-13-17-35(3)48(68-25-23-42-32-67-33-42)30-43-21-19-40(8)56(65,70-43)53(62)54(63)57-24-15-14-18-45(57)55(64)69-49(31-47(59)36(4)27-39(7)52(44)61)37(5)28-41-20-22-46(58)50(29-41)66-9/h11-13,16-17,27,34,36-38,40-46,48-50,52,58,61,65H,10,14-15,18-26,28-33H2,1-9H3/b13-11+,16-12+,35-17+,39-27+. The Bertz CT molecular complexity index is 1890. The van der Waals surface area contributed by atoms with E-state index in [4.69, 9.17) is 23.7 Å². The van der Waals surface area contributed by atoms with Crippen LogP contribution in [0, 0.1) is 47.3 Å². The number of ether oxygens (including phenoxy) is 5. The highest BCUT2D eigenvalue weighted by Crippen LogP contribution is 2.38. The van der Waals surface area contributed by atoms with E-state index in [0.29, 0.717) is 95.5 Å². The van der Waals surface area contributed by atoms with Crippen molar-refractivity contribution in [1.82, 2.24) is 4.90 Å². The Morgan fingerprint density at radius 1 is 0.886 bits per heavy atom. The van der Waals surface area contributed by atoms with Crippen LogP contribution in [0.5, 0.6) is 0 Å². The van der Waals surface area contributed by atoms with Crippen molar-refractivity contribution in [2.45, 2.75) is 194 Å². The molecule has 14 heteroatoms. The van der Waals surface area contributed by atoms with Gasteiger partial charge in [0, 0.05) is 62.7 Å². The number of rotatable bonds is 9. The number of esters is 1. The lowest BCUT2D eigenvalue weighted by molar-refractivity contribution is -0.266. The lowest BCUT2D eigenvalue weighted by atomic mass is 9.78. The Labute approximate surface area is 418 Å². The van der Waals surface area contributed by atoms with E-state index in [1.165, 1.54) is 4.90 Å². The minimum Gasteiger partial charge on any atom is -0.460 e. The fourth-order valence-electron chi connectivity index (χ4n) is 11.2. The molecule has 0 radical (unpaired) electrons. The molecule has 1 amide bonds. The summed E-state index contributed by atoms with van der Waals surface area (Å²) in [4.78, 5) is 72.6. The number of amides is 1. The number of carbonyl (C=O) groups is 5. The summed E-state index contributed by atoms with van der Waals surface area (Å²) in [6.07, 6.45) is 14.4. The number of fused-ring (bicyclic) bond motifs is 3. The predicted octanol–water partition coefficient (Wildman–Crippen LogP) is 7.60. The van der Waals surface area contributed by atoms with Crippen LogP contribution in [-0.4, -0.2) is 131 Å². The van der Waals surface area contributed by atoms with Crippen molar-refractivity contribution in [3.8, 4) is 0 Å². The summed E-state index contributed by atoms with van der Waals surface area (Å²) in [5, 5.41) is 34.3. The topological polar surface area (TPSA) is 195 Å². The number of aliphatic hydroxyl groups is 3. The van der Waals surface area contributed by atoms with Crippen LogP contribution in [0.1, 0.15) is 145 Å². The van der Waals surface area contributed by atoms with Crippen molar-refractivity contribution >= 4 is 29.2 Å². The molecule has 70 heavy (non-hydrogen) atoms.